The molecule has 0 saturated heterocycles. The number of rotatable bonds is 5. The first-order chi connectivity index (χ1) is 9.67. The average Bonchev–Trinajstić information content (AvgIpc) is 2.35. The van der Waals surface area contributed by atoms with Gasteiger partial charge in [0.1, 0.15) is 0 Å². The largest absolute Gasteiger partial charge is 0.493 e. The molecule has 1 atom stereocenters. The Morgan fingerprint density at radius 2 is 1.81 bits per heavy atom. The van der Waals surface area contributed by atoms with Crippen molar-refractivity contribution in [1.82, 2.24) is 5.32 Å². The van der Waals surface area contributed by atoms with Crippen molar-refractivity contribution >= 4 is 11.6 Å². The standard InChI is InChI=1S/C13H17F3N2O3/c1-7(6-13(14,15)16)18-12(19)8-4-10(20-2)11(21-3)5-9(8)17/h4-5,7H,6,17H2,1-3H3,(H,18,19). The van der Waals surface area contributed by atoms with Crippen molar-refractivity contribution in [3.63, 3.8) is 0 Å². The van der Waals surface area contributed by atoms with Crippen molar-refractivity contribution in [2.75, 3.05) is 20.0 Å². The molecule has 0 bridgehead atoms. The van der Waals surface area contributed by atoms with Crippen molar-refractivity contribution in [3.05, 3.63) is 17.7 Å². The highest BCUT2D eigenvalue weighted by atomic mass is 19.4. The predicted octanol–water partition coefficient (Wildman–Crippen LogP) is 2.36. The summed E-state index contributed by atoms with van der Waals surface area (Å²) in [6.07, 6.45) is -5.47. The van der Waals surface area contributed by atoms with Gasteiger partial charge in [-0.05, 0) is 13.0 Å². The minimum absolute atomic E-state index is 0.0293. The molecule has 1 aromatic carbocycles. The maximum atomic E-state index is 12.2. The van der Waals surface area contributed by atoms with Gasteiger partial charge in [-0.3, -0.25) is 4.79 Å². The highest BCUT2D eigenvalue weighted by Gasteiger charge is 2.31. The molecule has 5 nitrogen and oxygen atoms in total. The summed E-state index contributed by atoms with van der Waals surface area (Å²) < 4.78 is 46.8. The summed E-state index contributed by atoms with van der Waals surface area (Å²) in [5.74, 6) is -0.111. The van der Waals surface area contributed by atoms with Crippen LogP contribution in [0.2, 0.25) is 0 Å². The van der Waals surface area contributed by atoms with E-state index in [1.165, 1.54) is 33.3 Å². The van der Waals surface area contributed by atoms with Gasteiger partial charge in [-0.1, -0.05) is 0 Å². The quantitative estimate of drug-likeness (QED) is 0.819. The number of benzene rings is 1. The van der Waals surface area contributed by atoms with Crippen LogP contribution in [-0.2, 0) is 0 Å². The lowest BCUT2D eigenvalue weighted by Crippen LogP contribution is -2.36. The normalized spacial score (nSPS) is 12.7. The van der Waals surface area contributed by atoms with E-state index in [2.05, 4.69) is 5.32 Å². The molecule has 0 radical (unpaired) electrons. The monoisotopic (exact) mass is 306 g/mol. The molecule has 0 aliphatic heterocycles. The summed E-state index contributed by atoms with van der Waals surface area (Å²) in [5.41, 5.74) is 5.82. The second-order valence-corrected chi connectivity index (χ2v) is 4.49. The van der Waals surface area contributed by atoms with E-state index in [9.17, 15) is 18.0 Å². The molecular weight excluding hydrogens is 289 g/mol. The van der Waals surface area contributed by atoms with Gasteiger partial charge in [0.15, 0.2) is 11.5 Å². The number of nitrogens with two attached hydrogens (primary N) is 1. The summed E-state index contributed by atoms with van der Waals surface area (Å²) in [4.78, 5) is 12.0. The number of anilines is 1. The van der Waals surface area contributed by atoms with Crippen LogP contribution in [0, 0.1) is 0 Å². The van der Waals surface area contributed by atoms with Gasteiger partial charge in [-0.15, -0.1) is 0 Å². The van der Waals surface area contributed by atoms with Crippen molar-refractivity contribution in [2.45, 2.75) is 25.6 Å². The second-order valence-electron chi connectivity index (χ2n) is 4.49. The lowest BCUT2D eigenvalue weighted by atomic mass is 10.1. The Bertz CT molecular complexity index is 518. The van der Waals surface area contributed by atoms with Crippen LogP contribution in [0.1, 0.15) is 23.7 Å². The van der Waals surface area contributed by atoms with Gasteiger partial charge in [0.2, 0.25) is 0 Å². The van der Waals surface area contributed by atoms with Crippen LogP contribution in [0.25, 0.3) is 0 Å². The van der Waals surface area contributed by atoms with E-state index in [1.807, 2.05) is 0 Å². The smallest absolute Gasteiger partial charge is 0.391 e. The van der Waals surface area contributed by atoms with Crippen LogP contribution in [0.15, 0.2) is 12.1 Å². The van der Waals surface area contributed by atoms with Gasteiger partial charge >= 0.3 is 6.18 Å². The summed E-state index contributed by atoms with van der Waals surface area (Å²) in [6, 6.07) is 1.64. The highest BCUT2D eigenvalue weighted by Crippen LogP contribution is 2.32. The zero-order valence-corrected chi connectivity index (χ0v) is 11.9. The molecule has 0 fully saturated rings. The number of methoxy groups -OCH3 is 2. The minimum Gasteiger partial charge on any atom is -0.493 e. The number of ether oxygens (including phenoxy) is 2. The van der Waals surface area contributed by atoms with Crippen molar-refractivity contribution < 1.29 is 27.4 Å². The number of alkyl halides is 3. The molecule has 0 aliphatic carbocycles. The summed E-state index contributed by atoms with van der Waals surface area (Å²) in [7, 11) is 2.78. The third-order valence-electron chi connectivity index (χ3n) is 2.72. The van der Waals surface area contributed by atoms with Gasteiger partial charge in [0, 0.05) is 17.8 Å². The number of nitrogens with one attached hydrogen (secondary N) is 1. The zero-order valence-electron chi connectivity index (χ0n) is 11.9. The van der Waals surface area contributed by atoms with Gasteiger partial charge in [0.05, 0.1) is 26.2 Å². The number of carbonyl (C=O) groups is 1. The molecule has 0 heterocycles. The third kappa shape index (κ3) is 4.73. The topological polar surface area (TPSA) is 73.6 Å². The first-order valence-electron chi connectivity index (χ1n) is 6.07. The van der Waals surface area contributed by atoms with Gasteiger partial charge in [0.25, 0.3) is 5.91 Å². The number of nitrogen functional groups attached to an aromatic ring is 1. The number of amides is 1. The molecule has 1 amide bonds. The van der Waals surface area contributed by atoms with Crippen LogP contribution in [0.3, 0.4) is 0 Å². The SMILES string of the molecule is COc1cc(N)c(C(=O)NC(C)CC(F)(F)F)cc1OC. The van der Waals surface area contributed by atoms with E-state index in [1.54, 1.807) is 0 Å². The Balaban J connectivity index is 2.92. The zero-order chi connectivity index (χ0) is 16.2. The van der Waals surface area contributed by atoms with E-state index in [4.69, 9.17) is 15.2 Å². The summed E-state index contributed by atoms with van der Waals surface area (Å²) in [5, 5.41) is 2.25. The molecule has 1 aromatic rings. The lowest BCUT2D eigenvalue weighted by Gasteiger charge is -2.17. The number of hydrogen-bond donors (Lipinski definition) is 2. The number of hydrogen-bond acceptors (Lipinski definition) is 4. The maximum Gasteiger partial charge on any atom is 0.391 e. The van der Waals surface area contributed by atoms with Crippen LogP contribution in [-0.4, -0.2) is 32.3 Å². The summed E-state index contributed by atoms with van der Waals surface area (Å²) >= 11 is 0. The van der Waals surface area contributed by atoms with Crippen LogP contribution >= 0.6 is 0 Å². The first kappa shape index (κ1) is 16.9. The number of carbonyl (C=O) groups excluding carboxylic acids is 1. The van der Waals surface area contributed by atoms with Crippen molar-refractivity contribution in [1.29, 1.82) is 0 Å². The molecule has 3 N–H and O–H groups in total. The fourth-order valence-electron chi connectivity index (χ4n) is 1.79. The highest BCUT2D eigenvalue weighted by molar-refractivity contribution is 6.00. The van der Waals surface area contributed by atoms with Crippen molar-refractivity contribution in [2.24, 2.45) is 0 Å². The van der Waals surface area contributed by atoms with E-state index < -0.39 is 24.5 Å². The molecule has 8 heteroatoms. The van der Waals surface area contributed by atoms with E-state index in [0.29, 0.717) is 5.75 Å². The Kier molecular flexibility index (Phi) is 5.28. The molecule has 0 aliphatic rings. The Hall–Kier alpha value is -2.12. The molecule has 0 spiro atoms. The Morgan fingerprint density at radius 3 is 2.29 bits per heavy atom. The predicted molar refractivity (Wildman–Crippen MR) is 71.6 cm³/mol. The van der Waals surface area contributed by atoms with Gasteiger partial charge < -0.3 is 20.5 Å². The van der Waals surface area contributed by atoms with Crippen LogP contribution < -0.4 is 20.5 Å². The third-order valence-corrected chi connectivity index (χ3v) is 2.72. The van der Waals surface area contributed by atoms with Gasteiger partial charge in [-0.2, -0.15) is 13.2 Å². The fourth-order valence-corrected chi connectivity index (χ4v) is 1.79. The molecule has 118 valence electrons. The molecule has 21 heavy (non-hydrogen) atoms. The maximum absolute atomic E-state index is 12.2. The first-order valence-corrected chi connectivity index (χ1v) is 6.07. The van der Waals surface area contributed by atoms with E-state index >= 15 is 0 Å². The minimum atomic E-state index is -4.35. The average molecular weight is 306 g/mol. The van der Waals surface area contributed by atoms with Crippen LogP contribution in [0.5, 0.6) is 11.5 Å². The molecular formula is C13H17F3N2O3. The van der Waals surface area contributed by atoms with Crippen LogP contribution in [0.4, 0.5) is 18.9 Å². The Labute approximate surface area is 120 Å². The second kappa shape index (κ2) is 6.55. The molecule has 1 unspecified atom stereocenters. The summed E-state index contributed by atoms with van der Waals surface area (Å²) in [6.45, 7) is 1.27. The fraction of sp³-hybridized carbons (Fsp3) is 0.462. The van der Waals surface area contributed by atoms with Gasteiger partial charge in [-0.25, -0.2) is 0 Å². The van der Waals surface area contributed by atoms with Crippen molar-refractivity contribution in [3.8, 4) is 11.5 Å². The van der Waals surface area contributed by atoms with E-state index in [0.717, 1.165) is 0 Å². The number of halogens is 3. The Morgan fingerprint density at radius 1 is 1.29 bits per heavy atom. The molecule has 0 aromatic heterocycles. The van der Waals surface area contributed by atoms with E-state index in [-0.39, 0.29) is 17.0 Å². The molecule has 0 saturated carbocycles. The lowest BCUT2D eigenvalue weighted by molar-refractivity contribution is -0.138. The molecule has 1 rings (SSSR count).